The second-order valence-electron chi connectivity index (χ2n) is 4.89. The van der Waals surface area contributed by atoms with Crippen molar-refractivity contribution >= 4 is 28.9 Å². The van der Waals surface area contributed by atoms with Crippen molar-refractivity contribution in [2.75, 3.05) is 12.4 Å². The van der Waals surface area contributed by atoms with Gasteiger partial charge in [0.05, 0.1) is 12.8 Å². The van der Waals surface area contributed by atoms with Crippen LogP contribution in [0.4, 0.5) is 5.69 Å². The maximum Gasteiger partial charge on any atom is 0.350 e. The lowest BCUT2D eigenvalue weighted by atomic mass is 10.0. The average molecular weight is 303 g/mol. The second-order valence-corrected chi connectivity index (χ2v) is 5.77. The molecular formula is C16H17NO3S. The monoisotopic (exact) mass is 303 g/mol. The Morgan fingerprint density at radius 2 is 1.86 bits per heavy atom. The van der Waals surface area contributed by atoms with E-state index in [0.29, 0.717) is 16.1 Å². The van der Waals surface area contributed by atoms with E-state index in [4.69, 9.17) is 4.74 Å². The molecule has 1 amide bonds. The zero-order chi connectivity index (χ0) is 15.6. The fourth-order valence-electron chi connectivity index (χ4n) is 2.00. The Labute approximate surface area is 127 Å². The highest BCUT2D eigenvalue weighted by molar-refractivity contribution is 7.12. The minimum absolute atomic E-state index is 0.220. The first-order valence-corrected chi connectivity index (χ1v) is 7.37. The molecule has 0 atom stereocenters. The lowest BCUT2D eigenvalue weighted by Gasteiger charge is -2.10. The average Bonchev–Trinajstić information content (AvgIpc) is 2.82. The number of anilines is 1. The molecule has 2 aromatic rings. The van der Waals surface area contributed by atoms with E-state index in [9.17, 15) is 9.59 Å². The van der Waals surface area contributed by atoms with Crippen molar-refractivity contribution in [2.24, 2.45) is 0 Å². The van der Waals surface area contributed by atoms with Gasteiger partial charge in [0.2, 0.25) is 0 Å². The van der Waals surface area contributed by atoms with Crippen LogP contribution in [0, 0.1) is 20.8 Å². The molecule has 0 aliphatic heterocycles. The van der Waals surface area contributed by atoms with Crippen LogP contribution in [0.2, 0.25) is 0 Å². The van der Waals surface area contributed by atoms with Crippen LogP contribution in [0.1, 0.15) is 36.7 Å². The quantitative estimate of drug-likeness (QED) is 0.879. The van der Waals surface area contributed by atoms with E-state index in [1.54, 1.807) is 0 Å². The van der Waals surface area contributed by atoms with Crippen LogP contribution in [0.25, 0.3) is 0 Å². The van der Waals surface area contributed by atoms with Gasteiger partial charge in [-0.1, -0.05) is 17.7 Å². The number of carbonyl (C=O) groups excluding carboxylic acids is 2. The van der Waals surface area contributed by atoms with Gasteiger partial charge < -0.3 is 10.1 Å². The first-order valence-electron chi connectivity index (χ1n) is 6.49. The maximum atomic E-state index is 12.4. The van der Waals surface area contributed by atoms with Gasteiger partial charge in [-0.2, -0.15) is 0 Å². The lowest BCUT2D eigenvalue weighted by Crippen LogP contribution is -2.16. The predicted octanol–water partition coefficient (Wildman–Crippen LogP) is 3.71. The van der Waals surface area contributed by atoms with Gasteiger partial charge in [0, 0.05) is 5.56 Å². The third-order valence-corrected chi connectivity index (χ3v) is 4.30. The minimum Gasteiger partial charge on any atom is -0.465 e. The molecule has 0 spiro atoms. The van der Waals surface area contributed by atoms with Crippen molar-refractivity contribution < 1.29 is 14.3 Å². The maximum absolute atomic E-state index is 12.4. The number of hydrogen-bond donors (Lipinski definition) is 1. The summed E-state index contributed by atoms with van der Waals surface area (Å²) in [5, 5.41) is 4.65. The molecular weight excluding hydrogens is 286 g/mol. The highest BCUT2D eigenvalue weighted by Crippen LogP contribution is 2.29. The Morgan fingerprint density at radius 3 is 2.52 bits per heavy atom. The van der Waals surface area contributed by atoms with Crippen LogP contribution >= 0.6 is 11.3 Å². The standard InChI is InChI=1S/C16H17NO3S/c1-9-5-6-10(2)12(7-9)15(18)17-13-11(3)8-21-14(13)16(19)20-4/h5-8H,1-4H3,(H,17,18). The molecule has 21 heavy (non-hydrogen) atoms. The topological polar surface area (TPSA) is 55.4 Å². The summed E-state index contributed by atoms with van der Waals surface area (Å²) in [5.74, 6) is -0.660. The number of ether oxygens (including phenoxy) is 1. The van der Waals surface area contributed by atoms with Gasteiger partial charge in [0.1, 0.15) is 4.88 Å². The molecule has 1 heterocycles. The van der Waals surface area contributed by atoms with Gasteiger partial charge in [-0.3, -0.25) is 4.79 Å². The molecule has 0 fully saturated rings. The Kier molecular flexibility index (Phi) is 4.43. The Hall–Kier alpha value is -2.14. The molecule has 0 aliphatic carbocycles. The number of aryl methyl sites for hydroxylation is 3. The Balaban J connectivity index is 2.34. The van der Waals surface area contributed by atoms with Gasteiger partial charge >= 0.3 is 5.97 Å². The molecule has 0 bridgehead atoms. The van der Waals surface area contributed by atoms with Crippen molar-refractivity contribution in [1.82, 2.24) is 0 Å². The number of methoxy groups -OCH3 is 1. The number of esters is 1. The van der Waals surface area contributed by atoms with Crippen LogP contribution in [0.15, 0.2) is 23.6 Å². The molecule has 1 aromatic carbocycles. The van der Waals surface area contributed by atoms with E-state index in [0.717, 1.165) is 16.7 Å². The molecule has 1 N–H and O–H groups in total. The van der Waals surface area contributed by atoms with E-state index in [1.165, 1.54) is 18.4 Å². The normalized spacial score (nSPS) is 10.3. The molecule has 0 radical (unpaired) electrons. The van der Waals surface area contributed by atoms with Crippen molar-refractivity contribution in [3.63, 3.8) is 0 Å². The summed E-state index contributed by atoms with van der Waals surface area (Å²) in [6.07, 6.45) is 0. The molecule has 110 valence electrons. The number of rotatable bonds is 3. The van der Waals surface area contributed by atoms with Crippen LogP contribution in [0.3, 0.4) is 0 Å². The molecule has 2 rings (SSSR count). The van der Waals surface area contributed by atoms with E-state index in [2.05, 4.69) is 5.32 Å². The summed E-state index contributed by atoms with van der Waals surface area (Å²) >= 11 is 1.26. The number of hydrogen-bond acceptors (Lipinski definition) is 4. The van der Waals surface area contributed by atoms with Crippen molar-refractivity contribution in [2.45, 2.75) is 20.8 Å². The summed E-state index contributed by atoms with van der Waals surface area (Å²) < 4.78 is 4.74. The molecule has 0 saturated heterocycles. The molecule has 1 aromatic heterocycles. The summed E-state index contributed by atoms with van der Waals surface area (Å²) in [7, 11) is 1.33. The van der Waals surface area contributed by atoms with E-state index < -0.39 is 5.97 Å². The Morgan fingerprint density at radius 1 is 1.14 bits per heavy atom. The first kappa shape index (κ1) is 15.3. The van der Waals surface area contributed by atoms with Gasteiger partial charge in [-0.25, -0.2) is 4.79 Å². The Bertz CT molecular complexity index is 704. The number of carbonyl (C=O) groups is 2. The fraction of sp³-hybridized carbons (Fsp3) is 0.250. The minimum atomic E-state index is -0.440. The van der Waals surface area contributed by atoms with E-state index in [1.807, 2.05) is 44.4 Å². The summed E-state index contributed by atoms with van der Waals surface area (Å²) in [5.41, 5.74) is 3.89. The van der Waals surface area contributed by atoms with Gasteiger partial charge in [0.25, 0.3) is 5.91 Å². The van der Waals surface area contributed by atoms with Crippen molar-refractivity contribution in [3.05, 3.63) is 50.7 Å². The zero-order valence-electron chi connectivity index (χ0n) is 12.4. The molecule has 0 saturated carbocycles. The van der Waals surface area contributed by atoms with E-state index >= 15 is 0 Å². The molecule has 0 unspecified atom stereocenters. The summed E-state index contributed by atoms with van der Waals surface area (Å²) in [4.78, 5) is 24.6. The lowest BCUT2D eigenvalue weighted by molar-refractivity contribution is 0.0607. The van der Waals surface area contributed by atoms with Crippen LogP contribution in [0.5, 0.6) is 0 Å². The van der Waals surface area contributed by atoms with Gasteiger partial charge in [0.15, 0.2) is 0 Å². The molecule has 5 heteroatoms. The third-order valence-electron chi connectivity index (χ3n) is 3.22. The van der Waals surface area contributed by atoms with Crippen molar-refractivity contribution in [1.29, 1.82) is 0 Å². The zero-order valence-corrected chi connectivity index (χ0v) is 13.3. The van der Waals surface area contributed by atoms with Crippen LogP contribution in [-0.2, 0) is 4.74 Å². The van der Waals surface area contributed by atoms with Crippen LogP contribution < -0.4 is 5.32 Å². The SMILES string of the molecule is COC(=O)c1scc(C)c1NC(=O)c1cc(C)ccc1C. The van der Waals surface area contributed by atoms with Crippen molar-refractivity contribution in [3.8, 4) is 0 Å². The first-order chi connectivity index (χ1) is 9.93. The number of benzene rings is 1. The second kappa shape index (κ2) is 6.10. The number of amides is 1. The number of thiophene rings is 1. The summed E-state index contributed by atoms with van der Waals surface area (Å²) in [6.45, 7) is 5.67. The predicted molar refractivity (Wildman–Crippen MR) is 84.3 cm³/mol. The smallest absolute Gasteiger partial charge is 0.350 e. The van der Waals surface area contributed by atoms with E-state index in [-0.39, 0.29) is 5.91 Å². The molecule has 0 aliphatic rings. The highest BCUT2D eigenvalue weighted by Gasteiger charge is 2.19. The van der Waals surface area contributed by atoms with Gasteiger partial charge in [-0.15, -0.1) is 11.3 Å². The number of nitrogens with one attached hydrogen (secondary N) is 1. The van der Waals surface area contributed by atoms with Gasteiger partial charge in [-0.05, 0) is 43.3 Å². The molecule has 4 nitrogen and oxygen atoms in total. The third kappa shape index (κ3) is 3.13. The summed E-state index contributed by atoms with van der Waals surface area (Å²) in [6, 6.07) is 5.71. The van der Waals surface area contributed by atoms with Crippen LogP contribution in [-0.4, -0.2) is 19.0 Å². The highest BCUT2D eigenvalue weighted by atomic mass is 32.1. The fourth-order valence-corrected chi connectivity index (χ4v) is 2.93. The largest absolute Gasteiger partial charge is 0.465 e.